The first-order valence-electron chi connectivity index (χ1n) is 6.50. The zero-order valence-corrected chi connectivity index (χ0v) is 11.7. The Bertz CT molecular complexity index is 410. The zero-order chi connectivity index (χ0) is 12.7. The summed E-state index contributed by atoms with van der Waals surface area (Å²) in [6, 6.07) is 6.82. The second-order valence-electron chi connectivity index (χ2n) is 7.08. The Morgan fingerprint density at radius 2 is 1.94 bits per heavy atom. The van der Waals surface area contributed by atoms with Gasteiger partial charge in [0.05, 0.1) is 0 Å². The normalized spacial score (nSPS) is 18.4. The van der Waals surface area contributed by atoms with Crippen LogP contribution in [0.3, 0.4) is 0 Å². The van der Waals surface area contributed by atoms with Crippen LogP contribution in [0.5, 0.6) is 0 Å². The molecule has 93 valence electrons. The fourth-order valence-corrected chi connectivity index (χ4v) is 2.40. The molecule has 1 heterocycles. The molecule has 0 aliphatic carbocycles. The van der Waals surface area contributed by atoms with Gasteiger partial charge in [-0.2, -0.15) is 0 Å². The van der Waals surface area contributed by atoms with E-state index < -0.39 is 0 Å². The molecule has 0 fully saturated rings. The number of rotatable bonds is 1. The van der Waals surface area contributed by atoms with Crippen LogP contribution >= 0.6 is 0 Å². The van der Waals surface area contributed by atoms with E-state index in [-0.39, 0.29) is 5.54 Å². The van der Waals surface area contributed by atoms with Crippen LogP contribution in [0.15, 0.2) is 18.2 Å². The first-order valence-corrected chi connectivity index (χ1v) is 6.50. The van der Waals surface area contributed by atoms with Gasteiger partial charge < -0.3 is 5.32 Å². The molecule has 1 aliphatic heterocycles. The summed E-state index contributed by atoms with van der Waals surface area (Å²) in [5.41, 5.74) is 4.63. The molecule has 0 atom stereocenters. The Morgan fingerprint density at radius 3 is 2.59 bits per heavy atom. The molecule has 1 aromatic carbocycles. The summed E-state index contributed by atoms with van der Waals surface area (Å²) in [5.74, 6) is 0. The third kappa shape index (κ3) is 3.24. The summed E-state index contributed by atoms with van der Waals surface area (Å²) < 4.78 is 0. The summed E-state index contributed by atoms with van der Waals surface area (Å²) in [7, 11) is 0. The van der Waals surface area contributed by atoms with Gasteiger partial charge in [-0.1, -0.05) is 32.9 Å². The third-order valence-electron chi connectivity index (χ3n) is 3.16. The highest BCUT2D eigenvalue weighted by atomic mass is 15.0. The van der Waals surface area contributed by atoms with Crippen LogP contribution in [-0.2, 0) is 6.42 Å². The van der Waals surface area contributed by atoms with E-state index in [0.29, 0.717) is 5.41 Å². The van der Waals surface area contributed by atoms with E-state index in [4.69, 9.17) is 0 Å². The van der Waals surface area contributed by atoms with Gasteiger partial charge in [0.25, 0.3) is 0 Å². The van der Waals surface area contributed by atoms with E-state index in [0.717, 1.165) is 12.8 Å². The highest BCUT2D eigenvalue weighted by Gasteiger charge is 2.24. The average Bonchev–Trinajstić information content (AvgIpc) is 2.15. The average molecular weight is 230 g/mol. The van der Waals surface area contributed by atoms with Crippen molar-refractivity contribution >= 4 is 5.69 Å². The van der Waals surface area contributed by atoms with Crippen molar-refractivity contribution in [2.24, 2.45) is 5.41 Å². The number of hydrogen-bond donors (Lipinski definition) is 1. The van der Waals surface area contributed by atoms with E-state index in [1.165, 1.54) is 16.8 Å². The molecule has 0 saturated heterocycles. The molecule has 0 aromatic heterocycles. The van der Waals surface area contributed by atoms with Crippen LogP contribution < -0.4 is 5.32 Å². The largest absolute Gasteiger partial charge is 0.380 e. The van der Waals surface area contributed by atoms with Gasteiger partial charge in [0.1, 0.15) is 0 Å². The molecule has 1 N–H and O–H groups in total. The minimum absolute atomic E-state index is 0.193. The Balaban J connectivity index is 2.22. The van der Waals surface area contributed by atoms with Gasteiger partial charge in [0.15, 0.2) is 0 Å². The Morgan fingerprint density at radius 1 is 1.24 bits per heavy atom. The molecule has 1 radical (unpaired) electrons. The van der Waals surface area contributed by atoms with Crippen molar-refractivity contribution in [3.8, 4) is 0 Å². The first-order chi connectivity index (χ1) is 7.75. The number of anilines is 1. The molecule has 0 unspecified atom stereocenters. The zero-order valence-electron chi connectivity index (χ0n) is 11.7. The topological polar surface area (TPSA) is 12.0 Å². The van der Waals surface area contributed by atoms with Crippen LogP contribution in [-0.4, -0.2) is 5.54 Å². The van der Waals surface area contributed by atoms with Crippen molar-refractivity contribution in [2.45, 2.75) is 53.0 Å². The molecule has 1 heteroatoms. The molecular formula is C16H24N. The molecule has 17 heavy (non-hydrogen) atoms. The molecular weight excluding hydrogens is 206 g/mol. The molecule has 0 bridgehead atoms. The van der Waals surface area contributed by atoms with Crippen molar-refractivity contribution in [2.75, 3.05) is 5.32 Å². The number of fused-ring (bicyclic) bond motifs is 1. The second kappa shape index (κ2) is 4.04. The molecule has 1 nitrogen and oxygen atoms in total. The number of benzene rings is 1. The predicted octanol–water partition coefficient (Wildman–Crippen LogP) is 4.42. The lowest BCUT2D eigenvalue weighted by Gasteiger charge is -2.34. The summed E-state index contributed by atoms with van der Waals surface area (Å²) in [6.45, 7) is 11.4. The lowest BCUT2D eigenvalue weighted by Crippen LogP contribution is -2.34. The van der Waals surface area contributed by atoms with E-state index in [2.05, 4.69) is 64.6 Å². The smallest absolute Gasteiger partial charge is 0.0380 e. The lowest BCUT2D eigenvalue weighted by atomic mass is 9.85. The van der Waals surface area contributed by atoms with E-state index in [9.17, 15) is 0 Å². The SMILES string of the molecule is CC(C)(C)Cc1ccc2c(c1)[CH]CC(C)(C)N2. The standard InChI is InChI=1S/C16H24N/c1-15(2,3)11-12-6-7-14-13(10-12)8-9-16(4,5)17-14/h6-8,10,17H,9,11H2,1-5H3. The molecule has 1 aliphatic rings. The first kappa shape index (κ1) is 12.5. The van der Waals surface area contributed by atoms with E-state index in [1.54, 1.807) is 0 Å². The van der Waals surface area contributed by atoms with Crippen LogP contribution in [0.25, 0.3) is 0 Å². The van der Waals surface area contributed by atoms with Gasteiger partial charge in [0.2, 0.25) is 0 Å². The van der Waals surface area contributed by atoms with Gasteiger partial charge in [0, 0.05) is 11.2 Å². The van der Waals surface area contributed by atoms with Gasteiger partial charge in [-0.3, -0.25) is 0 Å². The fourth-order valence-electron chi connectivity index (χ4n) is 2.40. The highest BCUT2D eigenvalue weighted by molar-refractivity contribution is 5.60. The van der Waals surface area contributed by atoms with Gasteiger partial charge in [-0.15, -0.1) is 0 Å². The van der Waals surface area contributed by atoms with E-state index in [1.807, 2.05) is 0 Å². The van der Waals surface area contributed by atoms with Crippen molar-refractivity contribution < 1.29 is 0 Å². The maximum absolute atomic E-state index is 3.60. The Kier molecular flexibility index (Phi) is 2.97. The second-order valence-corrected chi connectivity index (χ2v) is 7.08. The van der Waals surface area contributed by atoms with Crippen LogP contribution in [0.4, 0.5) is 5.69 Å². The summed E-state index contributed by atoms with van der Waals surface area (Å²) in [5, 5.41) is 3.60. The number of hydrogen-bond acceptors (Lipinski definition) is 1. The maximum Gasteiger partial charge on any atom is 0.0380 e. The molecule has 2 rings (SSSR count). The molecule has 0 amide bonds. The van der Waals surface area contributed by atoms with Crippen molar-refractivity contribution in [1.82, 2.24) is 0 Å². The molecule has 1 aromatic rings. The number of nitrogens with one attached hydrogen (secondary N) is 1. The molecule has 0 saturated carbocycles. The van der Waals surface area contributed by atoms with E-state index >= 15 is 0 Å². The summed E-state index contributed by atoms with van der Waals surface area (Å²) >= 11 is 0. The maximum atomic E-state index is 3.60. The van der Waals surface area contributed by atoms with Crippen molar-refractivity contribution in [3.63, 3.8) is 0 Å². The fraction of sp³-hybridized carbons (Fsp3) is 0.562. The van der Waals surface area contributed by atoms with Gasteiger partial charge in [-0.05, 0) is 55.7 Å². The van der Waals surface area contributed by atoms with Crippen LogP contribution in [0.2, 0.25) is 0 Å². The predicted molar refractivity (Wildman–Crippen MR) is 75.3 cm³/mol. The third-order valence-corrected chi connectivity index (χ3v) is 3.16. The summed E-state index contributed by atoms with van der Waals surface area (Å²) in [6.07, 6.45) is 4.59. The monoisotopic (exact) mass is 230 g/mol. The van der Waals surface area contributed by atoms with Gasteiger partial charge >= 0.3 is 0 Å². The van der Waals surface area contributed by atoms with Crippen LogP contribution in [0, 0.1) is 11.8 Å². The van der Waals surface area contributed by atoms with Crippen LogP contribution in [0.1, 0.15) is 52.2 Å². The minimum atomic E-state index is 0.193. The Hall–Kier alpha value is -0.980. The highest BCUT2D eigenvalue weighted by Crippen LogP contribution is 2.33. The van der Waals surface area contributed by atoms with Gasteiger partial charge in [-0.25, -0.2) is 0 Å². The minimum Gasteiger partial charge on any atom is -0.380 e. The lowest BCUT2D eigenvalue weighted by molar-refractivity contribution is 0.411. The van der Waals surface area contributed by atoms with Crippen molar-refractivity contribution in [3.05, 3.63) is 35.7 Å². The molecule has 0 spiro atoms. The van der Waals surface area contributed by atoms with Crippen molar-refractivity contribution in [1.29, 1.82) is 0 Å². The quantitative estimate of drug-likeness (QED) is 0.753. The Labute approximate surface area is 106 Å². The summed E-state index contributed by atoms with van der Waals surface area (Å²) in [4.78, 5) is 0.